The number of ether oxygens (including phenoxy) is 3. The molecule has 1 saturated heterocycles. The first-order valence-corrected chi connectivity index (χ1v) is 12.1. The summed E-state index contributed by atoms with van der Waals surface area (Å²) in [7, 11) is 3.38. The fraction of sp³-hybridized carbons (Fsp3) is 0.654. The van der Waals surface area contributed by atoms with Crippen molar-refractivity contribution < 1.29 is 19.3 Å². The summed E-state index contributed by atoms with van der Waals surface area (Å²) < 4.78 is 16.9. The summed E-state index contributed by atoms with van der Waals surface area (Å²) in [6.07, 6.45) is 14.6. The van der Waals surface area contributed by atoms with Gasteiger partial charge in [0, 0.05) is 31.7 Å². The molecular weight excluding hydrogens is 404 g/mol. The molecule has 3 rings (SSSR count). The Morgan fingerprint density at radius 1 is 1.28 bits per heavy atom. The van der Waals surface area contributed by atoms with E-state index in [9.17, 15) is 5.11 Å². The van der Waals surface area contributed by atoms with Crippen LogP contribution in [0.3, 0.4) is 0 Å². The molecule has 0 spiro atoms. The lowest BCUT2D eigenvalue weighted by Crippen LogP contribution is -2.42. The maximum atomic E-state index is 9.40. The summed E-state index contributed by atoms with van der Waals surface area (Å²) in [4.78, 5) is 4.73. The van der Waals surface area contributed by atoms with Crippen molar-refractivity contribution in [3.63, 3.8) is 0 Å². The fourth-order valence-electron chi connectivity index (χ4n) is 5.04. The van der Waals surface area contributed by atoms with Gasteiger partial charge in [0.15, 0.2) is 0 Å². The van der Waals surface area contributed by atoms with E-state index in [1.165, 1.54) is 12.0 Å². The number of methoxy groups -OCH3 is 2. The zero-order valence-electron chi connectivity index (χ0n) is 19.9. The highest BCUT2D eigenvalue weighted by atomic mass is 16.5. The summed E-state index contributed by atoms with van der Waals surface area (Å²) in [5.41, 5.74) is 8.64. The molecule has 178 valence electrons. The Morgan fingerprint density at radius 2 is 2.06 bits per heavy atom. The quantitative estimate of drug-likeness (QED) is 0.482. The maximum absolute atomic E-state index is 9.40. The molecule has 0 radical (unpaired) electrons. The molecule has 1 aromatic heterocycles. The molecule has 6 nitrogen and oxygen atoms in total. The lowest BCUT2D eigenvalue weighted by atomic mass is 9.90. The number of pyridine rings is 1. The number of anilines is 1. The van der Waals surface area contributed by atoms with Crippen LogP contribution in [0, 0.1) is 5.92 Å². The SMILES string of the molecule is CCCC(CCC/C(=C\CO)C1CCCO1)Cc1cc2c(c(N)n1)=CC(OC)C(OC)C=2. The molecule has 0 amide bonds. The summed E-state index contributed by atoms with van der Waals surface area (Å²) in [6, 6.07) is 2.16. The fourth-order valence-corrected chi connectivity index (χ4v) is 5.04. The van der Waals surface area contributed by atoms with Crippen LogP contribution in [0.5, 0.6) is 0 Å². The summed E-state index contributed by atoms with van der Waals surface area (Å²) in [5.74, 6) is 1.12. The van der Waals surface area contributed by atoms with E-state index in [0.29, 0.717) is 11.7 Å². The van der Waals surface area contributed by atoms with E-state index < -0.39 is 0 Å². The van der Waals surface area contributed by atoms with Gasteiger partial charge >= 0.3 is 0 Å². The molecule has 32 heavy (non-hydrogen) atoms. The van der Waals surface area contributed by atoms with Crippen molar-refractivity contribution in [2.75, 3.05) is 33.2 Å². The van der Waals surface area contributed by atoms with Crippen molar-refractivity contribution >= 4 is 18.0 Å². The predicted molar refractivity (Wildman–Crippen MR) is 129 cm³/mol. The molecule has 2 aliphatic rings. The standard InChI is InChI=1S/C26H40N2O4/c1-4-7-18(8-5-9-19(11-12-29)23-10-6-13-32-23)14-21-15-20-16-24(30-2)25(31-3)17-22(20)26(27)28-21/h11,15-18,23-25,29H,4-10,12-14H2,1-3H3,(H2,27,28)/b19-11+. The number of rotatable bonds is 12. The smallest absolute Gasteiger partial charge is 0.131 e. The van der Waals surface area contributed by atoms with Crippen LogP contribution in [0.15, 0.2) is 17.7 Å². The van der Waals surface area contributed by atoms with E-state index in [2.05, 4.69) is 19.1 Å². The van der Waals surface area contributed by atoms with Gasteiger partial charge in [-0.3, -0.25) is 0 Å². The van der Waals surface area contributed by atoms with Crippen molar-refractivity contribution in [2.45, 2.75) is 76.6 Å². The number of hydrogen-bond donors (Lipinski definition) is 2. The molecule has 1 fully saturated rings. The molecule has 1 aliphatic carbocycles. The van der Waals surface area contributed by atoms with Crippen LogP contribution in [-0.4, -0.2) is 55.8 Å². The van der Waals surface area contributed by atoms with Crippen LogP contribution >= 0.6 is 0 Å². The molecule has 3 N–H and O–H groups in total. The van der Waals surface area contributed by atoms with Crippen molar-refractivity contribution in [3.05, 3.63) is 33.8 Å². The zero-order chi connectivity index (χ0) is 22.9. The average molecular weight is 445 g/mol. The second-order valence-electron chi connectivity index (χ2n) is 8.95. The third-order valence-electron chi connectivity index (χ3n) is 6.69. The van der Waals surface area contributed by atoms with Crippen LogP contribution in [0.25, 0.3) is 12.2 Å². The monoisotopic (exact) mass is 444 g/mol. The van der Waals surface area contributed by atoms with Gasteiger partial charge in [-0.25, -0.2) is 4.98 Å². The molecule has 0 bridgehead atoms. The number of fused-ring (bicyclic) bond motifs is 1. The van der Waals surface area contributed by atoms with Gasteiger partial charge in [0.25, 0.3) is 0 Å². The highest BCUT2D eigenvalue weighted by Crippen LogP contribution is 2.26. The van der Waals surface area contributed by atoms with E-state index >= 15 is 0 Å². The van der Waals surface area contributed by atoms with Crippen LogP contribution in [0.2, 0.25) is 0 Å². The Bertz CT molecular complexity index is 877. The second kappa shape index (κ2) is 12.5. The van der Waals surface area contributed by atoms with Gasteiger partial charge in [-0.05, 0) is 73.5 Å². The third kappa shape index (κ3) is 6.41. The first-order valence-electron chi connectivity index (χ1n) is 12.1. The Morgan fingerprint density at radius 3 is 2.72 bits per heavy atom. The molecule has 0 aromatic carbocycles. The number of nitrogens with zero attached hydrogens (tertiary/aromatic N) is 1. The number of aliphatic hydroxyl groups is 1. The maximum Gasteiger partial charge on any atom is 0.131 e. The highest BCUT2D eigenvalue weighted by molar-refractivity contribution is 5.52. The number of nitrogen functional groups attached to an aromatic ring is 1. The Balaban J connectivity index is 1.68. The van der Waals surface area contributed by atoms with E-state index in [0.717, 1.165) is 67.7 Å². The van der Waals surface area contributed by atoms with Gasteiger partial charge in [-0.2, -0.15) is 0 Å². The number of aromatic nitrogens is 1. The topological polar surface area (TPSA) is 86.8 Å². The Labute approximate surface area is 192 Å². The Hall–Kier alpha value is -1.73. The number of aliphatic hydroxyl groups excluding tert-OH is 1. The van der Waals surface area contributed by atoms with Crippen LogP contribution in [0.4, 0.5) is 5.82 Å². The Kier molecular flexibility index (Phi) is 9.72. The van der Waals surface area contributed by atoms with Crippen LogP contribution in [0.1, 0.15) is 57.6 Å². The van der Waals surface area contributed by atoms with Gasteiger partial charge in [0.1, 0.15) is 18.0 Å². The summed E-state index contributed by atoms with van der Waals surface area (Å²) in [5, 5.41) is 11.4. The minimum absolute atomic E-state index is 0.0891. The van der Waals surface area contributed by atoms with Gasteiger partial charge in [-0.1, -0.05) is 25.8 Å². The zero-order valence-corrected chi connectivity index (χ0v) is 19.9. The van der Waals surface area contributed by atoms with Gasteiger partial charge in [-0.15, -0.1) is 0 Å². The van der Waals surface area contributed by atoms with E-state index in [4.69, 9.17) is 24.9 Å². The van der Waals surface area contributed by atoms with Crippen molar-refractivity contribution in [2.24, 2.45) is 5.92 Å². The summed E-state index contributed by atoms with van der Waals surface area (Å²) >= 11 is 0. The van der Waals surface area contributed by atoms with Crippen LogP contribution < -0.4 is 16.2 Å². The van der Waals surface area contributed by atoms with E-state index in [1.807, 2.05) is 12.2 Å². The van der Waals surface area contributed by atoms with Crippen molar-refractivity contribution in [1.82, 2.24) is 4.98 Å². The van der Waals surface area contributed by atoms with Gasteiger partial charge in [0.05, 0.1) is 12.7 Å². The van der Waals surface area contributed by atoms with Gasteiger partial charge in [0.2, 0.25) is 0 Å². The highest BCUT2D eigenvalue weighted by Gasteiger charge is 2.22. The first kappa shape index (κ1) is 24.9. The lowest BCUT2D eigenvalue weighted by Gasteiger charge is -2.23. The largest absolute Gasteiger partial charge is 0.392 e. The lowest BCUT2D eigenvalue weighted by molar-refractivity contribution is 0.0305. The molecule has 4 unspecified atom stereocenters. The van der Waals surface area contributed by atoms with Crippen molar-refractivity contribution in [3.8, 4) is 0 Å². The van der Waals surface area contributed by atoms with E-state index in [1.54, 1.807) is 14.2 Å². The van der Waals surface area contributed by atoms with Crippen LogP contribution in [-0.2, 0) is 20.6 Å². The predicted octanol–water partition coefficient (Wildman–Crippen LogP) is 2.50. The average Bonchev–Trinajstić information content (AvgIpc) is 3.32. The number of hydrogen-bond acceptors (Lipinski definition) is 6. The third-order valence-corrected chi connectivity index (χ3v) is 6.69. The minimum Gasteiger partial charge on any atom is -0.392 e. The normalized spacial score (nSPS) is 24.0. The second-order valence-corrected chi connectivity index (χ2v) is 8.95. The summed E-state index contributed by atoms with van der Waals surface area (Å²) in [6.45, 7) is 3.16. The molecule has 1 aromatic rings. The molecule has 6 heteroatoms. The van der Waals surface area contributed by atoms with Crippen molar-refractivity contribution in [1.29, 1.82) is 0 Å². The molecule has 4 atom stereocenters. The van der Waals surface area contributed by atoms with Gasteiger partial charge < -0.3 is 25.1 Å². The molecule has 1 aliphatic heterocycles. The van der Waals surface area contributed by atoms with E-state index in [-0.39, 0.29) is 24.9 Å². The molecule has 0 saturated carbocycles. The minimum atomic E-state index is -0.152. The number of nitrogens with two attached hydrogens (primary N) is 1. The molecule has 2 heterocycles. The first-order chi connectivity index (χ1) is 15.6. The molecular formula is C26H40N2O4.